The van der Waals surface area contributed by atoms with Crippen LogP contribution in [0.3, 0.4) is 0 Å². The van der Waals surface area contributed by atoms with Crippen LogP contribution in [0, 0.1) is 11.8 Å². The third-order valence-electron chi connectivity index (χ3n) is 2.65. The first-order chi connectivity index (χ1) is 10.1. The van der Waals surface area contributed by atoms with Crippen molar-refractivity contribution in [3.63, 3.8) is 0 Å². The molecule has 0 unspecified atom stereocenters. The minimum absolute atomic E-state index is 0.0455. The third-order valence-corrected chi connectivity index (χ3v) is 2.65. The van der Waals surface area contributed by atoms with Crippen molar-refractivity contribution >= 4 is 11.9 Å². The number of carbonyl (C=O) groups is 2. The summed E-state index contributed by atoms with van der Waals surface area (Å²) in [5.74, 6) is 4.58. The lowest BCUT2D eigenvalue weighted by molar-refractivity contribution is -0.118. The highest BCUT2D eigenvalue weighted by molar-refractivity contribution is 5.86. The minimum Gasteiger partial charge on any atom is -0.477 e. The van der Waals surface area contributed by atoms with Crippen LogP contribution >= 0.6 is 0 Å². The van der Waals surface area contributed by atoms with E-state index in [4.69, 9.17) is 5.11 Å². The van der Waals surface area contributed by atoms with Gasteiger partial charge >= 0.3 is 5.97 Å². The van der Waals surface area contributed by atoms with Gasteiger partial charge in [0.25, 0.3) is 0 Å². The molecule has 1 aromatic heterocycles. The maximum absolute atomic E-state index is 10.8. The molecule has 3 N–H and O–H groups in total. The van der Waals surface area contributed by atoms with Crippen LogP contribution in [0.1, 0.15) is 23.0 Å². The zero-order chi connectivity index (χ0) is 15.2. The minimum atomic E-state index is -1.05. The van der Waals surface area contributed by atoms with Gasteiger partial charge in [0.2, 0.25) is 5.91 Å². The van der Waals surface area contributed by atoms with E-state index in [2.05, 4.69) is 27.4 Å². The summed E-state index contributed by atoms with van der Waals surface area (Å²) < 4.78 is 0. The summed E-state index contributed by atoms with van der Waals surface area (Å²) in [5, 5.41) is 17.8. The second-order valence-electron chi connectivity index (χ2n) is 4.26. The van der Waals surface area contributed by atoms with Crippen molar-refractivity contribution in [1.29, 1.82) is 0 Å². The van der Waals surface area contributed by atoms with Gasteiger partial charge in [0.1, 0.15) is 5.69 Å². The Morgan fingerprint density at radius 2 is 2.05 bits per heavy atom. The summed E-state index contributed by atoms with van der Waals surface area (Å²) in [7, 11) is 0. The summed E-state index contributed by atoms with van der Waals surface area (Å²) in [6.07, 6.45) is 0. The number of nitrogens with zero attached hydrogens (tertiary/aromatic N) is 1. The molecular formula is C15H13N3O3. The standard InChI is InChI=1S/C15H13N3O3/c1-10(19)16-8-2-3-11-4-6-12(7-5-11)13-9-14(15(20)21)18-17-13/h4-7,9H,8H2,1H3,(H,16,19)(H,17,18)(H,20,21). The molecule has 0 aliphatic carbocycles. The average Bonchev–Trinajstić information content (AvgIpc) is 2.94. The lowest BCUT2D eigenvalue weighted by atomic mass is 10.1. The number of carboxylic acids is 1. The molecule has 6 nitrogen and oxygen atoms in total. The predicted molar refractivity (Wildman–Crippen MR) is 76.5 cm³/mol. The quantitative estimate of drug-likeness (QED) is 0.739. The Morgan fingerprint density at radius 3 is 2.62 bits per heavy atom. The van der Waals surface area contributed by atoms with E-state index in [1.807, 2.05) is 24.3 Å². The monoisotopic (exact) mass is 283 g/mol. The molecule has 0 atom stereocenters. The number of aromatic nitrogens is 2. The fourth-order valence-corrected chi connectivity index (χ4v) is 1.62. The van der Waals surface area contributed by atoms with Gasteiger partial charge in [-0.15, -0.1) is 0 Å². The number of carboxylic acid groups (broad SMARTS) is 1. The van der Waals surface area contributed by atoms with Gasteiger partial charge < -0.3 is 10.4 Å². The Morgan fingerprint density at radius 1 is 1.33 bits per heavy atom. The van der Waals surface area contributed by atoms with E-state index >= 15 is 0 Å². The van der Waals surface area contributed by atoms with Gasteiger partial charge in [-0.3, -0.25) is 9.89 Å². The molecule has 6 heteroatoms. The van der Waals surface area contributed by atoms with Crippen LogP contribution in [0.4, 0.5) is 0 Å². The topological polar surface area (TPSA) is 95.1 Å². The molecule has 2 aromatic rings. The second kappa shape index (κ2) is 6.39. The Labute approximate surface area is 121 Å². The van der Waals surface area contributed by atoms with Crippen LogP contribution < -0.4 is 5.32 Å². The van der Waals surface area contributed by atoms with Gasteiger partial charge in [-0.2, -0.15) is 5.10 Å². The molecular weight excluding hydrogens is 270 g/mol. The number of hydrogen-bond acceptors (Lipinski definition) is 3. The molecule has 0 spiro atoms. The van der Waals surface area contributed by atoms with Crippen molar-refractivity contribution in [2.45, 2.75) is 6.92 Å². The highest BCUT2D eigenvalue weighted by atomic mass is 16.4. The number of hydrogen-bond donors (Lipinski definition) is 3. The molecule has 1 heterocycles. The van der Waals surface area contributed by atoms with Gasteiger partial charge in [0.05, 0.1) is 12.2 Å². The van der Waals surface area contributed by atoms with E-state index in [1.165, 1.54) is 13.0 Å². The average molecular weight is 283 g/mol. The van der Waals surface area contributed by atoms with Crippen molar-refractivity contribution in [3.8, 4) is 23.1 Å². The van der Waals surface area contributed by atoms with Crippen molar-refractivity contribution < 1.29 is 14.7 Å². The molecule has 1 amide bonds. The van der Waals surface area contributed by atoms with Crippen LogP contribution in [0.2, 0.25) is 0 Å². The Balaban J connectivity index is 2.07. The van der Waals surface area contributed by atoms with Gasteiger partial charge in [-0.1, -0.05) is 24.0 Å². The molecule has 1 aromatic carbocycles. The fraction of sp³-hybridized carbons (Fsp3) is 0.133. The first kappa shape index (κ1) is 14.3. The molecule has 0 fully saturated rings. The number of rotatable bonds is 3. The Kier molecular flexibility index (Phi) is 4.36. The number of amides is 1. The highest BCUT2D eigenvalue weighted by Crippen LogP contribution is 2.18. The number of H-pyrrole nitrogens is 1. The number of carbonyl (C=O) groups excluding carboxylic acids is 1. The molecule has 21 heavy (non-hydrogen) atoms. The number of nitrogens with one attached hydrogen (secondary N) is 2. The lowest BCUT2D eigenvalue weighted by Crippen LogP contribution is -2.19. The van der Waals surface area contributed by atoms with Crippen LogP contribution in [0.15, 0.2) is 30.3 Å². The van der Waals surface area contributed by atoms with Gasteiger partial charge in [0.15, 0.2) is 0 Å². The smallest absolute Gasteiger partial charge is 0.353 e. The maximum Gasteiger partial charge on any atom is 0.353 e. The number of benzene rings is 1. The predicted octanol–water partition coefficient (Wildman–Crippen LogP) is 1.26. The van der Waals surface area contributed by atoms with E-state index < -0.39 is 5.97 Å². The molecule has 0 saturated heterocycles. The van der Waals surface area contributed by atoms with Crippen LogP contribution in [0.25, 0.3) is 11.3 Å². The van der Waals surface area contributed by atoms with Crippen LogP contribution in [0.5, 0.6) is 0 Å². The van der Waals surface area contributed by atoms with E-state index in [9.17, 15) is 9.59 Å². The summed E-state index contributed by atoms with van der Waals surface area (Å²) in [4.78, 5) is 21.5. The lowest BCUT2D eigenvalue weighted by Gasteiger charge is -1.96. The molecule has 0 aliphatic rings. The van der Waals surface area contributed by atoms with E-state index in [1.54, 1.807) is 0 Å². The van der Waals surface area contributed by atoms with Gasteiger partial charge in [0, 0.05) is 18.1 Å². The van der Waals surface area contributed by atoms with Gasteiger partial charge in [-0.05, 0) is 18.2 Å². The van der Waals surface area contributed by atoms with E-state index in [-0.39, 0.29) is 11.6 Å². The summed E-state index contributed by atoms with van der Waals surface area (Å²) in [6.45, 7) is 1.74. The highest BCUT2D eigenvalue weighted by Gasteiger charge is 2.08. The zero-order valence-electron chi connectivity index (χ0n) is 11.3. The number of aromatic carboxylic acids is 1. The normalized spacial score (nSPS) is 9.57. The van der Waals surface area contributed by atoms with Crippen molar-refractivity contribution in [1.82, 2.24) is 15.5 Å². The second-order valence-corrected chi connectivity index (χ2v) is 4.26. The molecule has 106 valence electrons. The van der Waals surface area contributed by atoms with E-state index in [0.29, 0.717) is 12.2 Å². The Hall–Kier alpha value is -3.07. The van der Waals surface area contributed by atoms with E-state index in [0.717, 1.165) is 11.1 Å². The Bertz CT molecular complexity index is 721. The summed E-state index contributed by atoms with van der Waals surface area (Å²) in [6, 6.07) is 8.71. The first-order valence-electron chi connectivity index (χ1n) is 6.18. The van der Waals surface area contributed by atoms with Crippen molar-refractivity contribution in [3.05, 3.63) is 41.6 Å². The molecule has 0 radical (unpaired) electrons. The van der Waals surface area contributed by atoms with Crippen LogP contribution in [-0.4, -0.2) is 33.7 Å². The van der Waals surface area contributed by atoms with Gasteiger partial charge in [-0.25, -0.2) is 4.79 Å². The van der Waals surface area contributed by atoms with Crippen molar-refractivity contribution in [2.75, 3.05) is 6.54 Å². The molecule has 0 aliphatic heterocycles. The zero-order valence-corrected chi connectivity index (χ0v) is 11.3. The van der Waals surface area contributed by atoms with Crippen molar-refractivity contribution in [2.24, 2.45) is 0 Å². The fourth-order valence-electron chi connectivity index (χ4n) is 1.62. The summed E-state index contributed by atoms with van der Waals surface area (Å²) in [5.41, 5.74) is 2.21. The SMILES string of the molecule is CC(=O)NCC#Cc1ccc(-c2cc(C(=O)O)[nH]n2)cc1. The first-order valence-corrected chi connectivity index (χ1v) is 6.18. The number of aromatic amines is 1. The largest absolute Gasteiger partial charge is 0.477 e. The molecule has 0 saturated carbocycles. The third kappa shape index (κ3) is 3.94. The summed E-state index contributed by atoms with van der Waals surface area (Å²) >= 11 is 0. The maximum atomic E-state index is 10.8. The molecule has 0 bridgehead atoms. The van der Waals surface area contributed by atoms with Crippen LogP contribution in [-0.2, 0) is 4.79 Å². The molecule has 2 rings (SSSR count).